The lowest BCUT2D eigenvalue weighted by Gasteiger charge is -2.27. The highest BCUT2D eigenvalue weighted by molar-refractivity contribution is 5.92. The number of carbonyl (C=O) groups is 1. The summed E-state index contributed by atoms with van der Waals surface area (Å²) in [5, 5.41) is 11.7. The van der Waals surface area contributed by atoms with Crippen LogP contribution in [0.2, 0.25) is 0 Å². The van der Waals surface area contributed by atoms with Gasteiger partial charge in [0.05, 0.1) is 5.69 Å². The number of ether oxygens (including phenoxy) is 1. The Balaban J connectivity index is 1.38. The lowest BCUT2D eigenvalue weighted by molar-refractivity contribution is -0.118. The Hall–Kier alpha value is -3.41. The summed E-state index contributed by atoms with van der Waals surface area (Å²) in [5.41, 5.74) is 2.39. The van der Waals surface area contributed by atoms with Crippen LogP contribution in [0, 0.1) is 0 Å². The Bertz CT molecular complexity index is 939. The van der Waals surface area contributed by atoms with Crippen LogP contribution in [0.5, 0.6) is 5.75 Å². The average molecular weight is 388 g/mol. The number of carbonyl (C=O) groups excluding carboxylic acids is 1. The molecule has 0 radical (unpaired) electrons. The third-order valence-electron chi connectivity index (χ3n) is 4.89. The van der Waals surface area contributed by atoms with Crippen LogP contribution in [0.3, 0.4) is 0 Å². The minimum atomic E-state index is -0.211. The minimum Gasteiger partial charge on any atom is -0.484 e. The molecule has 1 N–H and O–H groups in total. The Morgan fingerprint density at radius 1 is 0.931 bits per heavy atom. The average Bonchev–Trinajstić information content (AvgIpc) is 2.79. The number of anilines is 2. The molecule has 2 aromatic carbocycles. The van der Waals surface area contributed by atoms with Crippen LogP contribution in [-0.2, 0) is 4.79 Å². The molecule has 2 heterocycles. The molecule has 0 atom stereocenters. The van der Waals surface area contributed by atoms with E-state index in [-0.39, 0.29) is 12.5 Å². The van der Waals surface area contributed by atoms with Crippen LogP contribution in [0.15, 0.2) is 66.7 Å². The maximum Gasteiger partial charge on any atom is 0.262 e. The summed E-state index contributed by atoms with van der Waals surface area (Å²) in [6.07, 6.45) is 3.70. The topological polar surface area (TPSA) is 67.3 Å². The highest BCUT2D eigenvalue weighted by Crippen LogP contribution is 2.23. The second-order valence-corrected chi connectivity index (χ2v) is 7.06. The number of benzene rings is 2. The van der Waals surface area contributed by atoms with E-state index in [9.17, 15) is 4.79 Å². The lowest BCUT2D eigenvalue weighted by Crippen LogP contribution is -2.30. The summed E-state index contributed by atoms with van der Waals surface area (Å²) in [4.78, 5) is 14.5. The Morgan fingerprint density at radius 3 is 2.52 bits per heavy atom. The van der Waals surface area contributed by atoms with E-state index in [1.54, 1.807) is 0 Å². The summed E-state index contributed by atoms with van der Waals surface area (Å²) < 4.78 is 5.49. The fraction of sp³-hybridized carbons (Fsp3) is 0.261. The number of hydrogen-bond acceptors (Lipinski definition) is 5. The van der Waals surface area contributed by atoms with Gasteiger partial charge in [-0.1, -0.05) is 30.3 Å². The normalized spacial score (nSPS) is 13.7. The first-order valence-electron chi connectivity index (χ1n) is 9.95. The van der Waals surface area contributed by atoms with Crippen molar-refractivity contribution in [3.8, 4) is 17.0 Å². The summed E-state index contributed by atoms with van der Waals surface area (Å²) >= 11 is 0. The van der Waals surface area contributed by atoms with E-state index in [0.29, 0.717) is 11.4 Å². The standard InChI is InChI=1S/C23H24N4O2/c28-23(17-29-20-10-3-1-4-11-20)24-19-9-7-8-18(16-19)21-12-13-22(26-25-21)27-14-5-2-6-15-27/h1,3-4,7-13,16H,2,5-6,14-15,17H2,(H,24,28). The van der Waals surface area contributed by atoms with E-state index >= 15 is 0 Å². The number of nitrogens with zero attached hydrogens (tertiary/aromatic N) is 3. The van der Waals surface area contributed by atoms with Crippen molar-refractivity contribution in [3.63, 3.8) is 0 Å². The number of piperidine rings is 1. The highest BCUT2D eigenvalue weighted by Gasteiger charge is 2.13. The summed E-state index contributed by atoms with van der Waals surface area (Å²) in [7, 11) is 0. The van der Waals surface area contributed by atoms with E-state index in [1.165, 1.54) is 19.3 Å². The second kappa shape index (κ2) is 9.19. The SMILES string of the molecule is O=C(COc1ccccc1)Nc1cccc(-c2ccc(N3CCCCC3)nn2)c1. The smallest absolute Gasteiger partial charge is 0.262 e. The number of rotatable bonds is 6. The molecule has 6 heteroatoms. The maximum absolute atomic E-state index is 12.2. The van der Waals surface area contributed by atoms with Gasteiger partial charge in [-0.3, -0.25) is 4.79 Å². The molecule has 1 saturated heterocycles. The molecule has 0 aliphatic carbocycles. The first-order valence-corrected chi connectivity index (χ1v) is 9.95. The van der Waals surface area contributed by atoms with Crippen molar-refractivity contribution in [1.29, 1.82) is 0 Å². The lowest BCUT2D eigenvalue weighted by atomic mass is 10.1. The zero-order valence-electron chi connectivity index (χ0n) is 16.3. The van der Waals surface area contributed by atoms with Crippen molar-refractivity contribution in [1.82, 2.24) is 10.2 Å². The molecular formula is C23H24N4O2. The fourth-order valence-electron chi connectivity index (χ4n) is 3.39. The Kier molecular flexibility index (Phi) is 6.00. The molecule has 148 valence electrons. The van der Waals surface area contributed by atoms with Gasteiger partial charge in [0, 0.05) is 24.3 Å². The van der Waals surface area contributed by atoms with Crippen molar-refractivity contribution in [3.05, 3.63) is 66.7 Å². The molecule has 0 saturated carbocycles. The molecule has 1 aromatic heterocycles. The number of aromatic nitrogens is 2. The van der Waals surface area contributed by atoms with Gasteiger partial charge in [0.1, 0.15) is 5.75 Å². The van der Waals surface area contributed by atoms with Crippen LogP contribution in [0.25, 0.3) is 11.3 Å². The molecular weight excluding hydrogens is 364 g/mol. The van der Waals surface area contributed by atoms with Crippen molar-refractivity contribution in [2.24, 2.45) is 0 Å². The molecule has 1 amide bonds. The number of nitrogens with one attached hydrogen (secondary N) is 1. The molecule has 6 nitrogen and oxygen atoms in total. The third-order valence-corrected chi connectivity index (χ3v) is 4.89. The van der Waals surface area contributed by atoms with Gasteiger partial charge in [-0.05, 0) is 55.7 Å². The van der Waals surface area contributed by atoms with Crippen molar-refractivity contribution >= 4 is 17.4 Å². The molecule has 0 spiro atoms. The van der Waals surface area contributed by atoms with Crippen molar-refractivity contribution in [2.45, 2.75) is 19.3 Å². The van der Waals surface area contributed by atoms with Gasteiger partial charge in [-0.2, -0.15) is 0 Å². The molecule has 4 rings (SSSR count). The van der Waals surface area contributed by atoms with Gasteiger partial charge in [-0.15, -0.1) is 10.2 Å². The number of hydrogen-bond donors (Lipinski definition) is 1. The monoisotopic (exact) mass is 388 g/mol. The van der Waals surface area contributed by atoms with E-state index in [4.69, 9.17) is 4.74 Å². The second-order valence-electron chi connectivity index (χ2n) is 7.06. The van der Waals surface area contributed by atoms with E-state index in [0.717, 1.165) is 30.2 Å². The zero-order chi connectivity index (χ0) is 19.9. The van der Waals surface area contributed by atoms with Crippen molar-refractivity contribution in [2.75, 3.05) is 29.9 Å². The molecule has 1 aliphatic heterocycles. The van der Waals surface area contributed by atoms with Gasteiger partial charge in [0.25, 0.3) is 5.91 Å². The first kappa shape index (κ1) is 18.9. The third kappa shape index (κ3) is 5.10. The first-order chi connectivity index (χ1) is 14.3. The Labute approximate surface area is 170 Å². The molecule has 29 heavy (non-hydrogen) atoms. The van der Waals surface area contributed by atoms with Crippen molar-refractivity contribution < 1.29 is 9.53 Å². The van der Waals surface area contributed by atoms with Gasteiger partial charge in [-0.25, -0.2) is 0 Å². The number of amides is 1. The summed E-state index contributed by atoms with van der Waals surface area (Å²) in [5.74, 6) is 1.38. The fourth-order valence-corrected chi connectivity index (χ4v) is 3.39. The zero-order valence-corrected chi connectivity index (χ0v) is 16.3. The largest absolute Gasteiger partial charge is 0.484 e. The van der Waals surface area contributed by atoms with E-state index in [1.807, 2.05) is 66.7 Å². The minimum absolute atomic E-state index is 0.0431. The Morgan fingerprint density at radius 2 is 1.76 bits per heavy atom. The van der Waals surface area contributed by atoms with Gasteiger partial charge < -0.3 is 15.0 Å². The van der Waals surface area contributed by atoms with Crippen LogP contribution in [0.1, 0.15) is 19.3 Å². The number of para-hydroxylation sites is 1. The predicted molar refractivity (Wildman–Crippen MR) is 114 cm³/mol. The molecule has 0 unspecified atom stereocenters. The molecule has 3 aromatic rings. The van der Waals surface area contributed by atoms with Gasteiger partial charge in [0.2, 0.25) is 0 Å². The van der Waals surface area contributed by atoms with Crippen LogP contribution < -0.4 is 15.0 Å². The summed E-state index contributed by atoms with van der Waals surface area (Å²) in [6, 6.07) is 20.9. The van der Waals surface area contributed by atoms with Gasteiger partial charge >= 0.3 is 0 Å². The molecule has 1 aliphatic rings. The quantitative estimate of drug-likeness (QED) is 0.687. The van der Waals surface area contributed by atoms with E-state index in [2.05, 4.69) is 20.4 Å². The highest BCUT2D eigenvalue weighted by atomic mass is 16.5. The molecule has 0 bridgehead atoms. The van der Waals surface area contributed by atoms with Gasteiger partial charge in [0.15, 0.2) is 12.4 Å². The van der Waals surface area contributed by atoms with Crippen LogP contribution in [0.4, 0.5) is 11.5 Å². The summed E-state index contributed by atoms with van der Waals surface area (Å²) in [6.45, 7) is 2.04. The maximum atomic E-state index is 12.2. The van der Waals surface area contributed by atoms with E-state index < -0.39 is 0 Å². The predicted octanol–water partition coefficient (Wildman–Crippen LogP) is 4.15. The van der Waals surface area contributed by atoms with Crippen LogP contribution >= 0.6 is 0 Å². The van der Waals surface area contributed by atoms with Crippen LogP contribution in [-0.4, -0.2) is 35.8 Å². The molecule has 1 fully saturated rings.